The number of pyridine rings is 2. The zero-order valence-electron chi connectivity index (χ0n) is 19.4. The summed E-state index contributed by atoms with van der Waals surface area (Å²) in [4.78, 5) is 4.40. The highest BCUT2D eigenvalue weighted by Gasteiger charge is 2.07. The molecule has 2 aromatic carbocycles. The third-order valence-electron chi connectivity index (χ3n) is 5.82. The van der Waals surface area contributed by atoms with Crippen molar-refractivity contribution in [3.8, 4) is 11.1 Å². The third-order valence-corrected chi connectivity index (χ3v) is 5.82. The van der Waals surface area contributed by atoms with Crippen LogP contribution in [-0.4, -0.2) is 21.1 Å². The van der Waals surface area contributed by atoms with Gasteiger partial charge < -0.3 is 9.80 Å². The van der Waals surface area contributed by atoms with Crippen molar-refractivity contribution in [3.63, 3.8) is 0 Å². The van der Waals surface area contributed by atoms with Crippen LogP contribution < -0.4 is 18.9 Å². The van der Waals surface area contributed by atoms with Gasteiger partial charge in [-0.2, -0.15) is 0 Å². The lowest BCUT2D eigenvalue weighted by Gasteiger charge is -2.21. The Balaban J connectivity index is 0.00000306. The molecule has 0 bridgehead atoms. The number of hydrogen-bond donors (Lipinski definition) is 0. The maximum absolute atomic E-state index is 2.28. The Morgan fingerprint density at radius 1 is 0.606 bits per heavy atom. The minimum Gasteiger partial charge on any atom is -0.378 e. The molecule has 0 unspecified atom stereocenters. The van der Waals surface area contributed by atoms with Crippen LogP contribution in [0.5, 0.6) is 0 Å². The second kappa shape index (κ2) is 10.8. The standard InChI is InChI=1S/C28H32N4.CH4/c1-29(2)27-9-11-28(12-10-27)31(4)21-23-5-7-24(8-6-23)22-32-19-15-26(16-20-32)25-13-17-30(3)18-14-25;/h5-20H,21-22H2,1-4H3;1H4/q+2;. The van der Waals surface area contributed by atoms with E-state index in [0.717, 1.165) is 13.1 Å². The van der Waals surface area contributed by atoms with E-state index in [1.807, 2.05) is 7.05 Å². The van der Waals surface area contributed by atoms with Crippen molar-refractivity contribution >= 4 is 11.4 Å². The number of hydrogen-bond acceptors (Lipinski definition) is 2. The molecule has 33 heavy (non-hydrogen) atoms. The number of benzene rings is 2. The van der Waals surface area contributed by atoms with Gasteiger partial charge in [-0.15, -0.1) is 0 Å². The lowest BCUT2D eigenvalue weighted by Crippen LogP contribution is -2.33. The van der Waals surface area contributed by atoms with Crippen molar-refractivity contribution in [1.82, 2.24) is 0 Å². The fourth-order valence-corrected chi connectivity index (χ4v) is 3.78. The molecule has 4 nitrogen and oxygen atoms in total. The Bertz CT molecular complexity index is 1130. The Kier molecular flexibility index (Phi) is 7.83. The van der Waals surface area contributed by atoms with Crippen LogP contribution in [0, 0.1) is 0 Å². The smallest absolute Gasteiger partial charge is 0.173 e. The molecule has 0 spiro atoms. The first-order chi connectivity index (χ1) is 15.5. The number of aryl methyl sites for hydroxylation is 1. The highest BCUT2D eigenvalue weighted by Crippen LogP contribution is 2.20. The number of nitrogens with zero attached hydrogens (tertiary/aromatic N) is 4. The van der Waals surface area contributed by atoms with Gasteiger partial charge in [0.2, 0.25) is 0 Å². The molecule has 0 aliphatic rings. The van der Waals surface area contributed by atoms with E-state index in [-0.39, 0.29) is 7.43 Å². The molecule has 4 heteroatoms. The molecule has 0 saturated heterocycles. The number of aromatic nitrogens is 2. The second-order valence-corrected chi connectivity index (χ2v) is 8.59. The van der Waals surface area contributed by atoms with Crippen LogP contribution in [0.1, 0.15) is 18.6 Å². The lowest BCUT2D eigenvalue weighted by molar-refractivity contribution is -0.688. The predicted molar refractivity (Wildman–Crippen MR) is 138 cm³/mol. The molecule has 0 aliphatic heterocycles. The Morgan fingerprint density at radius 2 is 1.09 bits per heavy atom. The summed E-state index contributed by atoms with van der Waals surface area (Å²) in [6.07, 6.45) is 8.46. The molecule has 170 valence electrons. The normalized spacial score (nSPS) is 10.4. The highest BCUT2D eigenvalue weighted by atomic mass is 15.1. The molecular weight excluding hydrogens is 404 g/mol. The molecule has 0 fully saturated rings. The molecule has 2 aromatic heterocycles. The van der Waals surface area contributed by atoms with Crippen LogP contribution in [-0.2, 0) is 20.1 Å². The summed E-state index contributed by atoms with van der Waals surface area (Å²) >= 11 is 0. The summed E-state index contributed by atoms with van der Waals surface area (Å²) in [5.74, 6) is 0. The molecular formula is C29H36N4+2. The van der Waals surface area contributed by atoms with E-state index in [4.69, 9.17) is 0 Å². The van der Waals surface area contributed by atoms with Crippen molar-refractivity contribution in [1.29, 1.82) is 0 Å². The van der Waals surface area contributed by atoms with Gasteiger partial charge in [-0.05, 0) is 41.0 Å². The van der Waals surface area contributed by atoms with Gasteiger partial charge in [-0.3, -0.25) is 0 Å². The van der Waals surface area contributed by atoms with Crippen LogP contribution in [0.3, 0.4) is 0 Å². The zero-order valence-corrected chi connectivity index (χ0v) is 19.4. The van der Waals surface area contributed by atoms with Crippen molar-refractivity contribution in [2.24, 2.45) is 7.05 Å². The van der Waals surface area contributed by atoms with Crippen LogP contribution in [0.15, 0.2) is 97.6 Å². The van der Waals surface area contributed by atoms with Gasteiger partial charge in [0.25, 0.3) is 0 Å². The van der Waals surface area contributed by atoms with E-state index in [0.29, 0.717) is 0 Å². The Hall–Kier alpha value is -3.66. The van der Waals surface area contributed by atoms with Crippen molar-refractivity contribution in [3.05, 3.63) is 109 Å². The van der Waals surface area contributed by atoms with E-state index in [2.05, 4.69) is 138 Å². The fraction of sp³-hybridized carbons (Fsp3) is 0.241. The molecule has 4 aromatic rings. The molecule has 0 radical (unpaired) electrons. The largest absolute Gasteiger partial charge is 0.378 e. The first-order valence-corrected chi connectivity index (χ1v) is 11.0. The molecule has 0 aliphatic carbocycles. The van der Waals surface area contributed by atoms with Crippen LogP contribution in [0.2, 0.25) is 0 Å². The van der Waals surface area contributed by atoms with Gasteiger partial charge in [0.05, 0.1) is 0 Å². The monoisotopic (exact) mass is 440 g/mol. The van der Waals surface area contributed by atoms with Crippen LogP contribution in [0.4, 0.5) is 11.4 Å². The van der Waals surface area contributed by atoms with Crippen molar-refractivity contribution in [2.75, 3.05) is 30.9 Å². The second-order valence-electron chi connectivity index (χ2n) is 8.59. The summed E-state index contributed by atoms with van der Waals surface area (Å²) in [7, 11) is 8.31. The van der Waals surface area contributed by atoms with Crippen LogP contribution >= 0.6 is 0 Å². The molecule has 0 amide bonds. The van der Waals surface area contributed by atoms with E-state index in [1.165, 1.54) is 33.6 Å². The maximum Gasteiger partial charge on any atom is 0.173 e. The summed E-state index contributed by atoms with van der Waals surface area (Å²) in [6.45, 7) is 1.75. The fourth-order valence-electron chi connectivity index (χ4n) is 3.78. The summed E-state index contributed by atoms with van der Waals surface area (Å²) in [5.41, 5.74) is 7.53. The minimum atomic E-state index is 0. The summed E-state index contributed by atoms with van der Waals surface area (Å²) in [5, 5.41) is 0. The average Bonchev–Trinajstić information content (AvgIpc) is 2.81. The topological polar surface area (TPSA) is 14.2 Å². The molecule has 0 N–H and O–H groups in total. The third kappa shape index (κ3) is 6.19. The number of rotatable bonds is 7. The molecule has 0 saturated carbocycles. The van der Waals surface area contributed by atoms with Gasteiger partial charge in [0.1, 0.15) is 7.05 Å². The molecule has 0 atom stereocenters. The molecule has 2 heterocycles. The lowest BCUT2D eigenvalue weighted by atomic mass is 10.1. The summed E-state index contributed by atoms with van der Waals surface area (Å²) in [6, 6.07) is 26.3. The first kappa shape index (κ1) is 24.0. The Labute approximate surface area is 199 Å². The molecule has 4 rings (SSSR count). The van der Waals surface area contributed by atoms with Gasteiger partial charge in [0, 0.05) is 68.9 Å². The maximum atomic E-state index is 2.28. The van der Waals surface area contributed by atoms with Gasteiger partial charge in [0.15, 0.2) is 31.3 Å². The van der Waals surface area contributed by atoms with Gasteiger partial charge in [-0.25, -0.2) is 9.13 Å². The first-order valence-electron chi connectivity index (χ1n) is 11.0. The average molecular weight is 441 g/mol. The Morgan fingerprint density at radius 3 is 1.64 bits per heavy atom. The van der Waals surface area contributed by atoms with Crippen molar-refractivity contribution < 1.29 is 9.13 Å². The summed E-state index contributed by atoms with van der Waals surface area (Å²) < 4.78 is 4.27. The number of anilines is 2. The van der Waals surface area contributed by atoms with E-state index in [9.17, 15) is 0 Å². The van der Waals surface area contributed by atoms with Gasteiger partial charge >= 0.3 is 0 Å². The quantitative estimate of drug-likeness (QED) is 0.381. The SMILES string of the molecule is C.CN(C)c1ccc(N(C)Cc2ccc(C[n+]3ccc(-c4cc[n+](C)cc4)cc3)cc2)cc1. The zero-order chi connectivity index (χ0) is 22.5. The van der Waals surface area contributed by atoms with E-state index >= 15 is 0 Å². The van der Waals surface area contributed by atoms with E-state index < -0.39 is 0 Å². The van der Waals surface area contributed by atoms with Crippen LogP contribution in [0.25, 0.3) is 11.1 Å². The highest BCUT2D eigenvalue weighted by molar-refractivity contribution is 5.61. The van der Waals surface area contributed by atoms with E-state index in [1.54, 1.807) is 0 Å². The minimum absolute atomic E-state index is 0. The van der Waals surface area contributed by atoms with Crippen molar-refractivity contribution in [2.45, 2.75) is 20.5 Å². The van der Waals surface area contributed by atoms with Gasteiger partial charge in [-0.1, -0.05) is 31.7 Å². The predicted octanol–water partition coefficient (Wildman–Crippen LogP) is 4.85.